The van der Waals surface area contributed by atoms with Crippen molar-refractivity contribution in [2.75, 3.05) is 18.8 Å². The van der Waals surface area contributed by atoms with Crippen molar-refractivity contribution in [2.45, 2.75) is 76.9 Å². The van der Waals surface area contributed by atoms with Crippen molar-refractivity contribution in [1.82, 2.24) is 10.1 Å². The molecule has 2 N–H and O–H groups in total. The highest BCUT2D eigenvalue weighted by atomic mass is 32.2. The second-order valence-electron chi connectivity index (χ2n) is 15.4. The zero-order chi connectivity index (χ0) is 37.4. The van der Waals surface area contributed by atoms with E-state index in [1.54, 1.807) is 0 Å². The first-order chi connectivity index (χ1) is 23.8. The van der Waals surface area contributed by atoms with Crippen LogP contribution in [0.25, 0.3) is 0 Å². The average molecular weight is 738 g/mol. The summed E-state index contributed by atoms with van der Waals surface area (Å²) in [7, 11) is -3.34. The summed E-state index contributed by atoms with van der Waals surface area (Å²) < 4.78 is 61.9. The van der Waals surface area contributed by atoms with Gasteiger partial charge in [-0.1, -0.05) is 57.7 Å². The number of ketones is 2. The Labute approximate surface area is 298 Å². The van der Waals surface area contributed by atoms with Crippen LogP contribution in [0, 0.1) is 24.6 Å². The molecule has 0 radical (unpaired) electrons. The number of halogens is 1. The molecular weight excluding hydrogens is 694 g/mol. The second-order valence-corrected chi connectivity index (χ2v) is 21.7. The molecule has 0 aliphatic heterocycles. The second kappa shape index (κ2) is 12.5. The molecule has 0 saturated carbocycles. The van der Waals surface area contributed by atoms with Crippen LogP contribution in [0.5, 0.6) is 5.88 Å². The number of allylic oxidation sites excluding steroid dienone is 1. The maximum absolute atomic E-state index is 15.8. The first kappa shape index (κ1) is 36.7. The Kier molecular flexibility index (Phi) is 9.01. The number of anilines is 1. The molecule has 14 heteroatoms. The molecule has 0 spiro atoms. The molecule has 1 heterocycles. The quantitative estimate of drug-likeness (QED) is 0.219. The van der Waals surface area contributed by atoms with Gasteiger partial charge < -0.3 is 18.8 Å². The smallest absolute Gasteiger partial charge is 0.265 e. The third-order valence-electron chi connectivity index (χ3n) is 11.0. The molecule has 0 bridgehead atoms. The van der Waals surface area contributed by atoms with Crippen LogP contribution < -0.4 is 9.46 Å². The fraction of sp³-hybridized carbons (Fsp3) is 0.432. The first-order valence-corrected chi connectivity index (χ1v) is 21.2. The summed E-state index contributed by atoms with van der Waals surface area (Å²) in [4.78, 5) is 31.8. The summed E-state index contributed by atoms with van der Waals surface area (Å²) in [6.45, 7) is 14.9. The van der Waals surface area contributed by atoms with Gasteiger partial charge in [-0.2, -0.15) is 0 Å². The van der Waals surface area contributed by atoms with Gasteiger partial charge in [0.15, 0.2) is 25.5 Å². The Morgan fingerprint density at radius 2 is 1.86 bits per heavy atom. The number of aromatic nitrogens is 1. The Balaban J connectivity index is 1.58. The number of carbonyl (C=O) groups is 2. The molecule has 3 aliphatic rings. The molecule has 0 saturated heterocycles. The zero-order valence-corrected chi connectivity index (χ0v) is 31.9. The Morgan fingerprint density at radius 1 is 1.20 bits per heavy atom. The third-order valence-corrected chi connectivity index (χ3v) is 16.4. The van der Waals surface area contributed by atoms with Gasteiger partial charge in [0.2, 0.25) is 5.78 Å². The van der Waals surface area contributed by atoms with Crippen LogP contribution in [0.1, 0.15) is 76.4 Å². The number of carbonyl (C=O) groups excluding carboxylic acids is 2. The van der Waals surface area contributed by atoms with Gasteiger partial charge in [-0.05, 0) is 85.8 Å². The molecule has 11 nitrogen and oxygen atoms in total. The van der Waals surface area contributed by atoms with E-state index in [-0.39, 0.29) is 64.6 Å². The summed E-state index contributed by atoms with van der Waals surface area (Å²) in [5, 5.41) is 17.1. The Bertz CT molecular complexity index is 2090. The van der Waals surface area contributed by atoms with Crippen LogP contribution >= 0.6 is 0 Å². The van der Waals surface area contributed by atoms with Crippen molar-refractivity contribution in [3.8, 4) is 5.88 Å². The largest absolute Gasteiger partial charge is 0.508 e. The van der Waals surface area contributed by atoms with Gasteiger partial charge in [0.25, 0.3) is 15.9 Å². The van der Waals surface area contributed by atoms with Gasteiger partial charge in [-0.25, -0.2) is 12.8 Å². The van der Waals surface area contributed by atoms with Gasteiger partial charge in [0.1, 0.15) is 23.7 Å². The monoisotopic (exact) mass is 737 g/mol. The SMILES string of the molecule is C=CS(=O)(=O)Nc1cc(F)c2c(c1C)C(=O)C1=C(O)[C@]3(O[Si](C)(C)C(C)(C)C)C(=O)c4c(OCc5ccccc5)noc4[C@@H](N(C)C)[C@@H]3C[C@@H]1C2. The normalized spacial score (nSPS) is 23.4. The van der Waals surface area contributed by atoms with E-state index in [2.05, 4.69) is 16.5 Å². The number of nitrogens with one attached hydrogen (secondary N) is 1. The van der Waals surface area contributed by atoms with E-state index in [1.807, 2.05) is 83.2 Å². The molecule has 0 amide bonds. The summed E-state index contributed by atoms with van der Waals surface area (Å²) in [5.41, 5.74) is -1.15. The molecule has 272 valence electrons. The summed E-state index contributed by atoms with van der Waals surface area (Å²) >= 11 is 0. The van der Waals surface area contributed by atoms with Gasteiger partial charge in [-0.15, -0.1) is 0 Å². The van der Waals surface area contributed by atoms with E-state index in [0.717, 1.165) is 11.6 Å². The van der Waals surface area contributed by atoms with Crippen LogP contribution in [-0.4, -0.2) is 63.2 Å². The van der Waals surface area contributed by atoms with Crippen LogP contribution in [0.3, 0.4) is 0 Å². The lowest BCUT2D eigenvalue weighted by molar-refractivity contribution is -0.0481. The van der Waals surface area contributed by atoms with E-state index >= 15 is 9.18 Å². The minimum absolute atomic E-state index is 0.0251. The van der Waals surface area contributed by atoms with Crippen LogP contribution in [0.15, 0.2) is 64.2 Å². The van der Waals surface area contributed by atoms with E-state index in [1.165, 1.54) is 6.92 Å². The maximum Gasteiger partial charge on any atom is 0.265 e. The van der Waals surface area contributed by atoms with Crippen molar-refractivity contribution in [1.29, 1.82) is 0 Å². The van der Waals surface area contributed by atoms with Crippen molar-refractivity contribution in [3.05, 3.63) is 99.1 Å². The summed E-state index contributed by atoms with van der Waals surface area (Å²) in [6, 6.07) is 9.74. The predicted octanol–water partition coefficient (Wildman–Crippen LogP) is 7.03. The molecule has 51 heavy (non-hydrogen) atoms. The van der Waals surface area contributed by atoms with Gasteiger partial charge in [0.05, 0.1) is 11.7 Å². The van der Waals surface area contributed by atoms with E-state index in [9.17, 15) is 18.3 Å². The minimum atomic E-state index is -4.04. The third kappa shape index (κ3) is 5.85. The summed E-state index contributed by atoms with van der Waals surface area (Å²) in [6.07, 6.45) is 0.189. The van der Waals surface area contributed by atoms with Gasteiger partial charge >= 0.3 is 0 Å². The number of fused-ring (bicyclic) bond motifs is 4. The number of nitrogens with zero attached hydrogens (tertiary/aromatic N) is 2. The van der Waals surface area contributed by atoms with E-state index < -0.39 is 70.0 Å². The number of Topliss-reactive ketones (excluding diaryl/α,β-unsaturated/α-hetero) is 2. The lowest BCUT2D eigenvalue weighted by Gasteiger charge is -2.55. The van der Waals surface area contributed by atoms with Crippen molar-refractivity contribution >= 4 is 35.6 Å². The molecule has 0 unspecified atom stereocenters. The van der Waals surface area contributed by atoms with Gasteiger partial charge in [-0.3, -0.25) is 19.2 Å². The number of sulfonamides is 1. The fourth-order valence-electron chi connectivity index (χ4n) is 7.47. The number of hydrogen-bond donors (Lipinski definition) is 2. The molecule has 2 aromatic carbocycles. The zero-order valence-electron chi connectivity index (χ0n) is 30.1. The lowest BCUT2D eigenvalue weighted by atomic mass is 9.58. The highest BCUT2D eigenvalue weighted by Gasteiger charge is 2.67. The summed E-state index contributed by atoms with van der Waals surface area (Å²) in [5.74, 6) is -3.89. The number of aliphatic hydroxyl groups excluding tert-OH is 1. The lowest BCUT2D eigenvalue weighted by Crippen LogP contribution is -2.65. The molecule has 4 atom stereocenters. The molecule has 6 rings (SSSR count). The van der Waals surface area contributed by atoms with Crippen LogP contribution in [0.4, 0.5) is 10.1 Å². The number of benzene rings is 2. The number of hydrogen-bond acceptors (Lipinski definition) is 10. The standard InChI is InChI=1S/C37H44FN3O8SSi/c1-10-50(45,46)40-26-18-25(38)23-16-22-17-24-30(41(6)7)32-29(35(39-48-32)47-19-21-14-12-11-13-15-21)34(44)37(24,49-51(8,9)36(3,4)5)33(43)28(22)31(42)27(23)20(26)2/h10-15,18,22,24,30,40,43H,1,16-17,19H2,2-9H3/t22-,24-,30-,37-/m0/s1. The fourth-order valence-corrected chi connectivity index (χ4v) is 9.52. The van der Waals surface area contributed by atoms with Crippen molar-refractivity contribution in [2.24, 2.45) is 11.8 Å². The minimum Gasteiger partial charge on any atom is -0.508 e. The van der Waals surface area contributed by atoms with Gasteiger partial charge in [0, 0.05) is 22.5 Å². The molecule has 3 aliphatic carbocycles. The Hall–Kier alpha value is -4.11. The van der Waals surface area contributed by atoms with E-state index in [0.29, 0.717) is 5.41 Å². The predicted molar refractivity (Wildman–Crippen MR) is 192 cm³/mol. The maximum atomic E-state index is 15.8. The molecule has 1 aromatic heterocycles. The number of ether oxygens (including phenoxy) is 1. The highest BCUT2D eigenvalue weighted by Crippen LogP contribution is 2.59. The topological polar surface area (TPSA) is 148 Å². The number of rotatable bonds is 9. The van der Waals surface area contributed by atoms with Crippen molar-refractivity contribution < 1.29 is 41.2 Å². The van der Waals surface area contributed by atoms with Crippen LogP contribution in [-0.2, 0) is 27.5 Å². The van der Waals surface area contributed by atoms with E-state index in [4.69, 9.17) is 13.7 Å². The highest BCUT2D eigenvalue weighted by molar-refractivity contribution is 7.95. The molecule has 0 fully saturated rings. The van der Waals surface area contributed by atoms with Crippen molar-refractivity contribution in [3.63, 3.8) is 0 Å². The average Bonchev–Trinajstić information content (AvgIpc) is 3.46. The molecule has 3 aromatic rings. The first-order valence-electron chi connectivity index (χ1n) is 16.8. The Morgan fingerprint density at radius 3 is 2.47 bits per heavy atom. The van der Waals surface area contributed by atoms with Crippen LogP contribution in [0.2, 0.25) is 18.1 Å². The number of aliphatic hydroxyl groups is 1. The molecular formula is C37H44FN3O8SSi.